The van der Waals surface area contributed by atoms with Crippen molar-refractivity contribution in [2.45, 2.75) is 11.4 Å². The largest absolute Gasteiger partial charge is 0.246 e. The van der Waals surface area contributed by atoms with Crippen LogP contribution in [0.1, 0.15) is 5.56 Å². The number of halogens is 5. The molecule has 2 rings (SSSR count). The van der Waals surface area contributed by atoms with Crippen molar-refractivity contribution in [1.82, 2.24) is 4.72 Å². The number of nitrogens with one attached hydrogen (secondary N) is 1. The minimum absolute atomic E-state index is 0.372. The Bertz CT molecular complexity index is 780. The number of rotatable bonds is 4. The van der Waals surface area contributed by atoms with Crippen molar-refractivity contribution in [3.05, 3.63) is 65.0 Å². The first-order valence-corrected chi connectivity index (χ1v) is 7.29. The summed E-state index contributed by atoms with van der Waals surface area (Å²) in [6, 6.07) is 7.86. The van der Waals surface area contributed by atoms with Gasteiger partial charge in [-0.05, 0) is 5.56 Å². The summed E-state index contributed by atoms with van der Waals surface area (Å²) in [4.78, 5) is -1.90. The highest BCUT2D eigenvalue weighted by Gasteiger charge is 2.33. The van der Waals surface area contributed by atoms with Crippen molar-refractivity contribution in [1.29, 1.82) is 0 Å². The maximum atomic E-state index is 13.5. The van der Waals surface area contributed by atoms with Gasteiger partial charge in [-0.2, -0.15) is 0 Å². The highest BCUT2D eigenvalue weighted by atomic mass is 32.2. The number of hydrogen-bond donors (Lipinski definition) is 1. The zero-order chi connectivity index (χ0) is 16.5. The lowest BCUT2D eigenvalue weighted by Crippen LogP contribution is -2.26. The molecule has 0 fully saturated rings. The molecule has 0 saturated heterocycles. The average Bonchev–Trinajstić information content (AvgIpc) is 2.50. The van der Waals surface area contributed by atoms with E-state index in [0.29, 0.717) is 5.56 Å². The summed E-state index contributed by atoms with van der Waals surface area (Å²) in [6.45, 7) is -0.372. The first-order valence-electron chi connectivity index (χ1n) is 5.80. The normalized spacial score (nSPS) is 11.7. The molecule has 0 radical (unpaired) electrons. The van der Waals surface area contributed by atoms with E-state index < -0.39 is 44.0 Å². The standard InChI is InChI=1S/C13H8F5NO2S/c14-8-9(15)11(17)13(12(18)10(8)16)22(20,21)19-6-7-4-2-1-3-5-7/h1-5,19H,6H2. The van der Waals surface area contributed by atoms with Gasteiger partial charge in [0.15, 0.2) is 28.2 Å². The molecule has 0 aliphatic heterocycles. The van der Waals surface area contributed by atoms with Gasteiger partial charge in [0, 0.05) is 6.54 Å². The lowest BCUT2D eigenvalue weighted by molar-refractivity contribution is 0.357. The van der Waals surface area contributed by atoms with Crippen LogP contribution in [-0.2, 0) is 16.6 Å². The van der Waals surface area contributed by atoms with Crippen molar-refractivity contribution in [3.8, 4) is 0 Å². The Kier molecular flexibility index (Phi) is 4.47. The lowest BCUT2D eigenvalue weighted by atomic mass is 10.2. The second-order valence-corrected chi connectivity index (χ2v) is 5.91. The predicted octanol–water partition coefficient (Wildman–Crippen LogP) is 2.86. The topological polar surface area (TPSA) is 46.2 Å². The highest BCUT2D eigenvalue weighted by Crippen LogP contribution is 2.26. The van der Waals surface area contributed by atoms with Crippen molar-refractivity contribution in [3.63, 3.8) is 0 Å². The van der Waals surface area contributed by atoms with Gasteiger partial charge in [0.05, 0.1) is 0 Å². The fourth-order valence-corrected chi connectivity index (χ4v) is 2.82. The van der Waals surface area contributed by atoms with Crippen LogP contribution in [0.15, 0.2) is 35.2 Å². The molecule has 0 aliphatic carbocycles. The van der Waals surface area contributed by atoms with Crippen LogP contribution >= 0.6 is 0 Å². The Morgan fingerprint density at radius 1 is 0.773 bits per heavy atom. The maximum absolute atomic E-state index is 13.5. The zero-order valence-corrected chi connectivity index (χ0v) is 11.5. The van der Waals surface area contributed by atoms with Crippen LogP contribution in [0, 0.1) is 29.1 Å². The van der Waals surface area contributed by atoms with Gasteiger partial charge in [-0.25, -0.2) is 35.1 Å². The smallest absolute Gasteiger partial charge is 0.207 e. The molecule has 2 aromatic rings. The van der Waals surface area contributed by atoms with E-state index in [2.05, 4.69) is 0 Å². The fourth-order valence-electron chi connectivity index (χ4n) is 1.67. The molecule has 22 heavy (non-hydrogen) atoms. The van der Waals surface area contributed by atoms with Crippen molar-refractivity contribution >= 4 is 10.0 Å². The molecule has 0 aliphatic rings. The molecule has 0 atom stereocenters. The molecule has 0 unspecified atom stereocenters. The molecule has 118 valence electrons. The Hall–Kier alpha value is -2.00. The van der Waals surface area contributed by atoms with Crippen LogP contribution in [0.2, 0.25) is 0 Å². The Morgan fingerprint density at radius 3 is 1.73 bits per heavy atom. The quantitative estimate of drug-likeness (QED) is 0.530. The summed E-state index contributed by atoms with van der Waals surface area (Å²) in [6.07, 6.45) is 0. The monoisotopic (exact) mass is 337 g/mol. The third kappa shape index (κ3) is 2.95. The van der Waals surface area contributed by atoms with Crippen LogP contribution in [0.4, 0.5) is 22.0 Å². The van der Waals surface area contributed by atoms with Gasteiger partial charge >= 0.3 is 0 Å². The van der Waals surface area contributed by atoms with E-state index in [0.717, 1.165) is 0 Å². The first-order chi connectivity index (χ1) is 10.3. The molecule has 3 nitrogen and oxygen atoms in total. The third-order valence-electron chi connectivity index (χ3n) is 2.75. The minimum atomic E-state index is -4.93. The Balaban J connectivity index is 2.42. The first kappa shape index (κ1) is 16.4. The van der Waals surface area contributed by atoms with E-state index in [9.17, 15) is 30.4 Å². The summed E-state index contributed by atoms with van der Waals surface area (Å²) in [5, 5.41) is 0. The van der Waals surface area contributed by atoms with Gasteiger partial charge in [-0.3, -0.25) is 0 Å². The van der Waals surface area contributed by atoms with Crippen LogP contribution in [0.25, 0.3) is 0 Å². The molecule has 0 bridgehead atoms. The SMILES string of the molecule is O=S(=O)(NCc1ccccc1)c1c(F)c(F)c(F)c(F)c1F. The summed E-state index contributed by atoms with van der Waals surface area (Å²) < 4.78 is 91.4. The number of sulfonamides is 1. The molecule has 2 aromatic carbocycles. The molecule has 1 N–H and O–H groups in total. The second-order valence-electron chi connectivity index (χ2n) is 4.21. The molecule has 0 heterocycles. The van der Waals surface area contributed by atoms with E-state index >= 15 is 0 Å². The minimum Gasteiger partial charge on any atom is -0.207 e. The van der Waals surface area contributed by atoms with Crippen LogP contribution in [0.3, 0.4) is 0 Å². The van der Waals surface area contributed by atoms with E-state index in [1.165, 1.54) is 12.1 Å². The fraction of sp³-hybridized carbons (Fsp3) is 0.0769. The van der Waals surface area contributed by atoms with Crippen molar-refractivity contribution in [2.75, 3.05) is 0 Å². The van der Waals surface area contributed by atoms with E-state index in [-0.39, 0.29) is 6.54 Å². The molecule has 0 aromatic heterocycles. The summed E-state index contributed by atoms with van der Waals surface area (Å²) in [5.74, 6) is -11.9. The van der Waals surface area contributed by atoms with Crippen molar-refractivity contribution in [2.24, 2.45) is 0 Å². The number of benzene rings is 2. The van der Waals surface area contributed by atoms with Crippen LogP contribution < -0.4 is 4.72 Å². The molecule has 0 spiro atoms. The predicted molar refractivity (Wildman–Crippen MR) is 66.7 cm³/mol. The Labute approximate surface area is 122 Å². The van der Waals surface area contributed by atoms with Gasteiger partial charge in [0.2, 0.25) is 15.8 Å². The van der Waals surface area contributed by atoms with Gasteiger partial charge in [0.1, 0.15) is 0 Å². The van der Waals surface area contributed by atoms with Crippen molar-refractivity contribution < 1.29 is 30.4 Å². The van der Waals surface area contributed by atoms with E-state index in [1.54, 1.807) is 22.9 Å². The molecular formula is C13H8F5NO2S. The Morgan fingerprint density at radius 2 is 1.23 bits per heavy atom. The highest BCUT2D eigenvalue weighted by molar-refractivity contribution is 7.89. The summed E-state index contributed by atoms with van der Waals surface area (Å²) >= 11 is 0. The second kappa shape index (κ2) is 6.01. The maximum Gasteiger partial charge on any atom is 0.246 e. The third-order valence-corrected chi connectivity index (χ3v) is 4.17. The van der Waals surface area contributed by atoms with Gasteiger partial charge in [-0.15, -0.1) is 0 Å². The van der Waals surface area contributed by atoms with Crippen LogP contribution in [-0.4, -0.2) is 8.42 Å². The van der Waals surface area contributed by atoms with Gasteiger partial charge < -0.3 is 0 Å². The van der Waals surface area contributed by atoms with Crippen LogP contribution in [0.5, 0.6) is 0 Å². The van der Waals surface area contributed by atoms with E-state index in [1.807, 2.05) is 0 Å². The summed E-state index contributed by atoms with van der Waals surface area (Å²) in [7, 11) is -4.93. The average molecular weight is 337 g/mol. The molecular weight excluding hydrogens is 329 g/mol. The van der Waals surface area contributed by atoms with Gasteiger partial charge in [-0.1, -0.05) is 30.3 Å². The molecule has 0 amide bonds. The molecule has 9 heteroatoms. The molecule has 0 saturated carbocycles. The van der Waals surface area contributed by atoms with Gasteiger partial charge in [0.25, 0.3) is 0 Å². The van der Waals surface area contributed by atoms with E-state index in [4.69, 9.17) is 0 Å². The summed E-state index contributed by atoms with van der Waals surface area (Å²) in [5.41, 5.74) is 0.440. The number of hydrogen-bond acceptors (Lipinski definition) is 2. The lowest BCUT2D eigenvalue weighted by Gasteiger charge is -2.10. The zero-order valence-electron chi connectivity index (χ0n) is 10.7.